The predicted octanol–water partition coefficient (Wildman–Crippen LogP) is 3.01. The minimum atomic E-state index is -0.0307. The van der Waals surface area contributed by atoms with Gasteiger partial charge in [0.05, 0.1) is 0 Å². The normalized spacial score (nSPS) is 22.9. The van der Waals surface area contributed by atoms with E-state index in [1.54, 1.807) is 25.1 Å². The van der Waals surface area contributed by atoms with Crippen LogP contribution in [0.3, 0.4) is 0 Å². The molecule has 0 saturated heterocycles. The van der Waals surface area contributed by atoms with Crippen molar-refractivity contribution in [2.75, 3.05) is 0 Å². The van der Waals surface area contributed by atoms with E-state index in [0.717, 1.165) is 11.4 Å². The highest BCUT2D eigenvalue weighted by atomic mass is 16.2. The number of carbonyl (C=O) groups excluding carboxylic acids is 1. The Bertz CT molecular complexity index is 540. The number of rotatable bonds is 2. The molecule has 5 heteroatoms. The highest BCUT2D eigenvalue weighted by Gasteiger charge is 2.49. The van der Waals surface area contributed by atoms with Crippen molar-refractivity contribution in [3.8, 4) is 0 Å². The maximum Gasteiger partial charge on any atom is 0.439 e. The van der Waals surface area contributed by atoms with Gasteiger partial charge in [-0.15, -0.1) is 0 Å². The number of quaternary nitrogens is 1. The first-order valence-electron chi connectivity index (χ1n) is 6.59. The Kier molecular flexibility index (Phi) is 3.41. The Morgan fingerprint density at radius 2 is 2.00 bits per heavy atom. The van der Waals surface area contributed by atoms with Crippen LogP contribution in [0, 0.1) is 5.92 Å². The number of aromatic nitrogens is 2. The van der Waals surface area contributed by atoms with Crippen molar-refractivity contribution < 1.29 is 9.28 Å². The van der Waals surface area contributed by atoms with E-state index in [2.05, 4.69) is 23.8 Å². The van der Waals surface area contributed by atoms with Crippen molar-refractivity contribution in [3.63, 3.8) is 0 Å². The van der Waals surface area contributed by atoms with Gasteiger partial charge in [-0.1, -0.05) is 13.8 Å². The Labute approximate surface area is 113 Å². The van der Waals surface area contributed by atoms with Crippen LogP contribution in [0.2, 0.25) is 0 Å². The lowest BCUT2D eigenvalue weighted by Crippen LogP contribution is -2.56. The maximum absolute atomic E-state index is 12.9. The molecule has 1 aliphatic heterocycles. The van der Waals surface area contributed by atoms with Crippen molar-refractivity contribution >= 4 is 12.4 Å². The maximum atomic E-state index is 12.9. The topological polar surface area (TPSA) is 47.2 Å². The Morgan fingerprint density at radius 1 is 1.32 bits per heavy atom. The molecule has 1 amide bonds. The van der Waals surface area contributed by atoms with Crippen LogP contribution in [-0.2, 0) is 0 Å². The quantitative estimate of drug-likeness (QED) is 0.768. The van der Waals surface area contributed by atoms with Crippen LogP contribution in [0.5, 0.6) is 0 Å². The Morgan fingerprint density at radius 3 is 2.47 bits per heavy atom. The summed E-state index contributed by atoms with van der Waals surface area (Å²) in [5.41, 5.74) is 2.01. The van der Waals surface area contributed by atoms with Gasteiger partial charge in [0.15, 0.2) is 0 Å². The minimum absolute atomic E-state index is 0.0307. The van der Waals surface area contributed by atoms with Crippen LogP contribution in [0.15, 0.2) is 35.1 Å². The molecule has 0 spiro atoms. The van der Waals surface area contributed by atoms with E-state index >= 15 is 0 Å². The van der Waals surface area contributed by atoms with Gasteiger partial charge in [-0.2, -0.15) is 4.48 Å². The van der Waals surface area contributed by atoms with Crippen molar-refractivity contribution in [1.82, 2.24) is 9.55 Å². The fourth-order valence-corrected chi connectivity index (χ4v) is 2.77. The number of hydrogen-bond donors (Lipinski definition) is 0. The lowest BCUT2D eigenvalue weighted by Gasteiger charge is -2.35. The number of allylic oxidation sites excluding steroid dienone is 2. The highest BCUT2D eigenvalue weighted by molar-refractivity contribution is 5.81. The van der Waals surface area contributed by atoms with Gasteiger partial charge in [0.25, 0.3) is 0 Å². The van der Waals surface area contributed by atoms with Gasteiger partial charge in [-0.25, -0.2) is 19.3 Å². The lowest BCUT2D eigenvalue weighted by atomic mass is 10.0. The average molecular weight is 261 g/mol. The standard InChI is InChI=1S/C14H21N4O/c1-10(2)13-12(5)16-9-18(13,11(3)4)14(19)17-7-6-15-8-17/h6-11H,1-5H3/q+1. The summed E-state index contributed by atoms with van der Waals surface area (Å²) in [5, 5.41) is 0. The van der Waals surface area contributed by atoms with Crippen LogP contribution in [0.4, 0.5) is 4.79 Å². The molecule has 19 heavy (non-hydrogen) atoms. The summed E-state index contributed by atoms with van der Waals surface area (Å²) in [6.45, 7) is 10.3. The summed E-state index contributed by atoms with van der Waals surface area (Å²) in [6.07, 6.45) is 6.61. The number of aliphatic imine (C=N–C) groups is 1. The summed E-state index contributed by atoms with van der Waals surface area (Å²) < 4.78 is 1.69. The highest BCUT2D eigenvalue weighted by Crippen LogP contribution is 2.35. The molecule has 0 N–H and O–H groups in total. The van der Waals surface area contributed by atoms with Gasteiger partial charge in [-0.3, -0.25) is 0 Å². The van der Waals surface area contributed by atoms with Crippen LogP contribution in [0.25, 0.3) is 0 Å². The molecule has 1 atom stereocenters. The van der Waals surface area contributed by atoms with E-state index in [-0.39, 0.29) is 22.5 Å². The van der Waals surface area contributed by atoms with Gasteiger partial charge in [0.1, 0.15) is 23.8 Å². The fourth-order valence-electron chi connectivity index (χ4n) is 2.77. The molecule has 5 nitrogen and oxygen atoms in total. The van der Waals surface area contributed by atoms with Crippen molar-refractivity contribution in [3.05, 3.63) is 30.1 Å². The minimum Gasteiger partial charge on any atom is -0.245 e. The van der Waals surface area contributed by atoms with Crippen molar-refractivity contribution in [2.24, 2.45) is 10.9 Å². The molecule has 0 aliphatic carbocycles. The smallest absolute Gasteiger partial charge is 0.245 e. The second-order valence-corrected chi connectivity index (χ2v) is 5.49. The predicted molar refractivity (Wildman–Crippen MR) is 74.4 cm³/mol. The zero-order valence-electron chi connectivity index (χ0n) is 12.2. The molecular weight excluding hydrogens is 240 g/mol. The zero-order valence-corrected chi connectivity index (χ0v) is 12.2. The summed E-state index contributed by atoms with van der Waals surface area (Å²) in [7, 11) is 0. The largest absolute Gasteiger partial charge is 0.439 e. The average Bonchev–Trinajstić information content (AvgIpc) is 2.95. The molecule has 1 aromatic rings. The SMILES string of the molecule is CC1=C(C(C)C)[N+](C(=O)n2ccnc2)(C(C)C)C=N1. The molecule has 0 radical (unpaired) electrons. The van der Waals surface area contributed by atoms with E-state index in [1.165, 1.54) is 4.57 Å². The molecule has 1 aromatic heterocycles. The molecule has 2 heterocycles. The first-order chi connectivity index (χ1) is 8.91. The van der Waals surface area contributed by atoms with Gasteiger partial charge in [0.2, 0.25) is 6.34 Å². The number of carbonyl (C=O) groups is 1. The third-order valence-electron chi connectivity index (χ3n) is 3.61. The van der Waals surface area contributed by atoms with E-state index < -0.39 is 0 Å². The second kappa shape index (κ2) is 4.74. The molecule has 0 bridgehead atoms. The number of nitrogens with zero attached hydrogens (tertiary/aromatic N) is 4. The first-order valence-corrected chi connectivity index (χ1v) is 6.59. The summed E-state index contributed by atoms with van der Waals surface area (Å²) in [4.78, 5) is 21.3. The third-order valence-corrected chi connectivity index (χ3v) is 3.61. The van der Waals surface area contributed by atoms with Crippen LogP contribution in [0.1, 0.15) is 34.6 Å². The van der Waals surface area contributed by atoms with E-state index in [0.29, 0.717) is 0 Å². The van der Waals surface area contributed by atoms with E-state index in [4.69, 9.17) is 0 Å². The molecule has 0 aromatic carbocycles. The molecule has 1 aliphatic rings. The van der Waals surface area contributed by atoms with Crippen LogP contribution in [-0.4, -0.2) is 32.4 Å². The molecule has 0 fully saturated rings. The van der Waals surface area contributed by atoms with E-state index in [9.17, 15) is 4.79 Å². The van der Waals surface area contributed by atoms with Gasteiger partial charge < -0.3 is 0 Å². The van der Waals surface area contributed by atoms with E-state index in [1.807, 2.05) is 20.8 Å². The van der Waals surface area contributed by atoms with Gasteiger partial charge >= 0.3 is 6.03 Å². The molecule has 2 rings (SSSR count). The summed E-state index contributed by atoms with van der Waals surface area (Å²) >= 11 is 0. The lowest BCUT2D eigenvalue weighted by molar-refractivity contribution is -0.737. The Balaban J connectivity index is 2.58. The number of imidazole rings is 1. The second-order valence-electron chi connectivity index (χ2n) is 5.49. The van der Waals surface area contributed by atoms with Crippen LogP contribution < -0.4 is 0 Å². The zero-order chi connectivity index (χ0) is 14.2. The van der Waals surface area contributed by atoms with Crippen LogP contribution >= 0.6 is 0 Å². The molecule has 1 unspecified atom stereocenters. The molecule has 102 valence electrons. The van der Waals surface area contributed by atoms with Crippen molar-refractivity contribution in [1.29, 1.82) is 0 Å². The monoisotopic (exact) mass is 261 g/mol. The molecular formula is C14H21N4O+. The number of amides is 1. The fraction of sp³-hybridized carbons (Fsp3) is 0.500. The summed E-state index contributed by atoms with van der Waals surface area (Å²) in [5.74, 6) is 0.261. The summed E-state index contributed by atoms with van der Waals surface area (Å²) in [6, 6.07) is 0.0605. The van der Waals surface area contributed by atoms with Gasteiger partial charge in [-0.05, 0) is 20.8 Å². The number of hydrogen-bond acceptors (Lipinski definition) is 3. The molecule has 0 saturated carbocycles. The first kappa shape index (κ1) is 13.7. The van der Waals surface area contributed by atoms with Crippen molar-refractivity contribution in [2.45, 2.75) is 40.7 Å². The Hall–Kier alpha value is -1.75. The third kappa shape index (κ3) is 1.94. The van der Waals surface area contributed by atoms with Gasteiger partial charge in [0, 0.05) is 18.3 Å².